The topological polar surface area (TPSA) is 90.5 Å². The molecular formula is C23H25BrN4O3. The summed E-state index contributed by atoms with van der Waals surface area (Å²) in [5.74, 6) is -0.205. The second-order valence-corrected chi connectivity index (χ2v) is 8.18. The number of rotatable bonds is 6. The standard InChI is InChI=1S/C23H25BrN4O3/c1-2-13-25-23(31)27-20-9-7-19(8-10-20)26-21(29)16-11-14-28(15-12-16)22(30)17-3-5-18(24)6-4-17/h2-10,16H,1,11-15H2,(H,26,29)(H2,25,27,31). The van der Waals surface area contributed by atoms with Gasteiger partial charge in [-0.2, -0.15) is 0 Å². The van der Waals surface area contributed by atoms with Gasteiger partial charge >= 0.3 is 6.03 Å². The number of amides is 4. The Labute approximate surface area is 190 Å². The lowest BCUT2D eigenvalue weighted by Crippen LogP contribution is -2.41. The van der Waals surface area contributed by atoms with Crippen LogP contribution in [0, 0.1) is 5.92 Å². The zero-order valence-corrected chi connectivity index (χ0v) is 18.7. The highest BCUT2D eigenvalue weighted by Crippen LogP contribution is 2.22. The molecule has 2 aromatic carbocycles. The fourth-order valence-corrected chi connectivity index (χ4v) is 3.61. The van der Waals surface area contributed by atoms with Gasteiger partial charge in [0, 0.05) is 47.0 Å². The minimum atomic E-state index is -0.318. The van der Waals surface area contributed by atoms with Crippen molar-refractivity contribution in [3.05, 3.63) is 71.2 Å². The molecule has 0 radical (unpaired) electrons. The average molecular weight is 485 g/mol. The van der Waals surface area contributed by atoms with Crippen molar-refractivity contribution in [3.63, 3.8) is 0 Å². The van der Waals surface area contributed by atoms with Crippen LogP contribution in [0.1, 0.15) is 23.2 Å². The fourth-order valence-electron chi connectivity index (χ4n) is 3.34. The number of hydrogen-bond donors (Lipinski definition) is 3. The molecule has 1 heterocycles. The number of carbonyl (C=O) groups excluding carboxylic acids is 3. The monoisotopic (exact) mass is 484 g/mol. The average Bonchev–Trinajstić information content (AvgIpc) is 2.79. The fraction of sp³-hybridized carbons (Fsp3) is 0.261. The summed E-state index contributed by atoms with van der Waals surface area (Å²) in [5, 5.41) is 8.25. The van der Waals surface area contributed by atoms with E-state index < -0.39 is 0 Å². The first kappa shape index (κ1) is 22.6. The number of nitrogens with zero attached hydrogens (tertiary/aromatic N) is 1. The van der Waals surface area contributed by atoms with Crippen molar-refractivity contribution in [1.29, 1.82) is 0 Å². The van der Waals surface area contributed by atoms with Crippen molar-refractivity contribution in [3.8, 4) is 0 Å². The summed E-state index contributed by atoms with van der Waals surface area (Å²) in [6, 6.07) is 13.9. The highest BCUT2D eigenvalue weighted by atomic mass is 79.9. The number of nitrogens with one attached hydrogen (secondary N) is 3. The number of benzene rings is 2. The number of piperidine rings is 1. The molecule has 2 aromatic rings. The van der Waals surface area contributed by atoms with Crippen LogP contribution in [-0.2, 0) is 4.79 Å². The quantitative estimate of drug-likeness (QED) is 0.535. The largest absolute Gasteiger partial charge is 0.339 e. The van der Waals surface area contributed by atoms with Crippen LogP contribution < -0.4 is 16.0 Å². The second kappa shape index (κ2) is 10.8. The lowest BCUT2D eigenvalue weighted by molar-refractivity contribution is -0.121. The molecular weight excluding hydrogens is 460 g/mol. The van der Waals surface area contributed by atoms with Gasteiger partial charge in [0.1, 0.15) is 0 Å². The molecule has 0 atom stereocenters. The van der Waals surface area contributed by atoms with Crippen LogP contribution in [0.4, 0.5) is 16.2 Å². The van der Waals surface area contributed by atoms with E-state index in [-0.39, 0.29) is 23.8 Å². The summed E-state index contributed by atoms with van der Waals surface area (Å²) in [5.41, 5.74) is 1.94. The maximum atomic E-state index is 12.6. The summed E-state index contributed by atoms with van der Waals surface area (Å²) in [4.78, 5) is 38.7. The number of carbonyl (C=O) groups is 3. The molecule has 0 aromatic heterocycles. The number of likely N-dealkylation sites (tertiary alicyclic amines) is 1. The van der Waals surface area contributed by atoms with Crippen molar-refractivity contribution in [2.45, 2.75) is 12.8 Å². The van der Waals surface area contributed by atoms with Crippen LogP contribution in [0.15, 0.2) is 65.7 Å². The summed E-state index contributed by atoms with van der Waals surface area (Å²) in [6.45, 7) is 5.03. The van der Waals surface area contributed by atoms with Crippen molar-refractivity contribution in [2.75, 3.05) is 30.3 Å². The van der Waals surface area contributed by atoms with Crippen LogP contribution >= 0.6 is 15.9 Å². The van der Waals surface area contributed by atoms with Gasteiger partial charge in [-0.3, -0.25) is 9.59 Å². The third-order valence-electron chi connectivity index (χ3n) is 5.06. The van der Waals surface area contributed by atoms with Crippen LogP contribution in [0.2, 0.25) is 0 Å². The minimum Gasteiger partial charge on any atom is -0.339 e. The van der Waals surface area contributed by atoms with Gasteiger partial charge < -0.3 is 20.9 Å². The summed E-state index contributed by atoms with van der Waals surface area (Å²) >= 11 is 3.37. The lowest BCUT2D eigenvalue weighted by Gasteiger charge is -2.31. The van der Waals surface area contributed by atoms with Gasteiger partial charge in [0.25, 0.3) is 5.91 Å². The molecule has 0 aliphatic carbocycles. The van der Waals surface area contributed by atoms with Crippen molar-refractivity contribution in [1.82, 2.24) is 10.2 Å². The van der Waals surface area contributed by atoms with Gasteiger partial charge in [0.05, 0.1) is 0 Å². The predicted octanol–water partition coefficient (Wildman–Crippen LogP) is 4.25. The van der Waals surface area contributed by atoms with E-state index in [9.17, 15) is 14.4 Å². The van der Waals surface area contributed by atoms with Gasteiger partial charge in [-0.25, -0.2) is 4.79 Å². The van der Waals surface area contributed by atoms with Gasteiger partial charge in [-0.15, -0.1) is 6.58 Å². The number of hydrogen-bond acceptors (Lipinski definition) is 3. The molecule has 3 rings (SSSR count). The van der Waals surface area contributed by atoms with Gasteiger partial charge in [-0.05, 0) is 61.4 Å². The van der Waals surface area contributed by atoms with Crippen molar-refractivity contribution in [2.24, 2.45) is 5.92 Å². The molecule has 162 valence electrons. The Morgan fingerprint density at radius 3 is 2.13 bits per heavy atom. The van der Waals surface area contributed by atoms with E-state index in [1.807, 2.05) is 12.1 Å². The van der Waals surface area contributed by atoms with Crippen LogP contribution in [0.3, 0.4) is 0 Å². The molecule has 0 saturated carbocycles. The molecule has 0 spiro atoms. The van der Waals surface area contributed by atoms with E-state index in [0.717, 1.165) is 4.47 Å². The Hall–Kier alpha value is -3.13. The highest BCUT2D eigenvalue weighted by Gasteiger charge is 2.27. The first-order chi connectivity index (χ1) is 15.0. The van der Waals surface area contributed by atoms with E-state index in [4.69, 9.17) is 0 Å². The number of halogens is 1. The minimum absolute atomic E-state index is 0.00780. The Morgan fingerprint density at radius 2 is 1.55 bits per heavy atom. The molecule has 7 nitrogen and oxygen atoms in total. The Bertz CT molecular complexity index is 936. The molecule has 31 heavy (non-hydrogen) atoms. The van der Waals surface area contributed by atoms with Crippen molar-refractivity contribution < 1.29 is 14.4 Å². The molecule has 0 bridgehead atoms. The Kier molecular flexibility index (Phi) is 7.83. The Balaban J connectivity index is 1.47. The predicted molar refractivity (Wildman–Crippen MR) is 125 cm³/mol. The third kappa shape index (κ3) is 6.42. The molecule has 1 aliphatic heterocycles. The molecule has 0 unspecified atom stereocenters. The van der Waals surface area contributed by atoms with Gasteiger partial charge in [0.2, 0.25) is 5.91 Å². The molecule has 1 saturated heterocycles. The molecule has 4 amide bonds. The molecule has 1 aliphatic rings. The second-order valence-electron chi connectivity index (χ2n) is 7.26. The normalized spacial score (nSPS) is 13.9. The van der Waals surface area contributed by atoms with Crippen molar-refractivity contribution >= 4 is 45.2 Å². The summed E-state index contributed by atoms with van der Waals surface area (Å²) in [6.07, 6.45) is 2.84. The highest BCUT2D eigenvalue weighted by molar-refractivity contribution is 9.10. The SMILES string of the molecule is C=CCNC(=O)Nc1ccc(NC(=O)C2CCN(C(=O)c3ccc(Br)cc3)CC2)cc1. The first-order valence-corrected chi connectivity index (χ1v) is 10.9. The van der Waals surface area contributed by atoms with E-state index in [1.165, 1.54) is 0 Å². The van der Waals surface area contributed by atoms with Crippen LogP contribution in [-0.4, -0.2) is 42.4 Å². The molecule has 8 heteroatoms. The molecule has 3 N–H and O–H groups in total. The summed E-state index contributed by atoms with van der Waals surface area (Å²) in [7, 11) is 0. The Morgan fingerprint density at radius 1 is 0.968 bits per heavy atom. The van der Waals surface area contributed by atoms with E-state index >= 15 is 0 Å². The molecule has 1 fully saturated rings. The maximum Gasteiger partial charge on any atom is 0.319 e. The number of anilines is 2. The van der Waals surface area contributed by atoms with E-state index in [0.29, 0.717) is 49.4 Å². The van der Waals surface area contributed by atoms with Crippen LogP contribution in [0.25, 0.3) is 0 Å². The van der Waals surface area contributed by atoms with E-state index in [2.05, 4.69) is 38.5 Å². The zero-order valence-electron chi connectivity index (χ0n) is 17.1. The first-order valence-electron chi connectivity index (χ1n) is 10.1. The lowest BCUT2D eigenvalue weighted by atomic mass is 9.95. The third-order valence-corrected chi connectivity index (χ3v) is 5.59. The van der Waals surface area contributed by atoms with Crippen LogP contribution in [0.5, 0.6) is 0 Å². The maximum absolute atomic E-state index is 12.6. The van der Waals surface area contributed by atoms with Gasteiger partial charge in [0.15, 0.2) is 0 Å². The summed E-state index contributed by atoms with van der Waals surface area (Å²) < 4.78 is 0.930. The van der Waals surface area contributed by atoms with E-state index in [1.54, 1.807) is 47.4 Å². The zero-order chi connectivity index (χ0) is 22.2. The van der Waals surface area contributed by atoms with Gasteiger partial charge in [-0.1, -0.05) is 22.0 Å². The smallest absolute Gasteiger partial charge is 0.319 e. The number of urea groups is 1.